The molecule has 2 atom stereocenters. The van der Waals surface area contributed by atoms with Crippen LogP contribution >= 0.6 is 0 Å². The predicted molar refractivity (Wildman–Crippen MR) is 71.0 cm³/mol. The zero-order valence-corrected chi connectivity index (χ0v) is 11.5. The standard InChI is InChI=1S/C14H28N2O/c1-12-4-3-7-14(12,11-15)16(2)10-13-5-8-17-9-6-13/h12-13H,3-11,15H2,1-2H3. The average Bonchev–Trinajstić information content (AvgIpc) is 2.73. The summed E-state index contributed by atoms with van der Waals surface area (Å²) >= 11 is 0. The van der Waals surface area contributed by atoms with Gasteiger partial charge in [0.05, 0.1) is 0 Å². The first-order valence-electron chi connectivity index (χ1n) is 7.18. The lowest BCUT2D eigenvalue weighted by atomic mass is 9.85. The molecule has 2 fully saturated rings. The van der Waals surface area contributed by atoms with Crippen LogP contribution in [0.3, 0.4) is 0 Å². The van der Waals surface area contributed by atoms with Crippen molar-refractivity contribution in [2.24, 2.45) is 17.6 Å². The molecule has 0 radical (unpaired) electrons. The van der Waals surface area contributed by atoms with E-state index in [0.29, 0.717) is 0 Å². The highest BCUT2D eigenvalue weighted by atomic mass is 16.5. The number of nitrogens with two attached hydrogens (primary N) is 1. The van der Waals surface area contributed by atoms with Gasteiger partial charge in [-0.1, -0.05) is 13.3 Å². The second kappa shape index (κ2) is 5.68. The van der Waals surface area contributed by atoms with Crippen LogP contribution in [0.5, 0.6) is 0 Å². The molecule has 0 amide bonds. The maximum Gasteiger partial charge on any atom is 0.0469 e. The zero-order chi connectivity index (χ0) is 12.3. The fraction of sp³-hybridized carbons (Fsp3) is 1.00. The maximum atomic E-state index is 6.10. The van der Waals surface area contributed by atoms with Gasteiger partial charge in [-0.25, -0.2) is 0 Å². The molecule has 1 heterocycles. The van der Waals surface area contributed by atoms with Gasteiger partial charge in [-0.05, 0) is 44.6 Å². The van der Waals surface area contributed by atoms with Gasteiger partial charge in [-0.3, -0.25) is 4.90 Å². The number of ether oxygens (including phenoxy) is 1. The molecule has 3 nitrogen and oxygen atoms in total. The van der Waals surface area contributed by atoms with Gasteiger partial charge in [0.2, 0.25) is 0 Å². The molecule has 1 aliphatic heterocycles. The average molecular weight is 240 g/mol. The molecule has 2 unspecified atom stereocenters. The fourth-order valence-electron chi connectivity index (χ4n) is 3.75. The van der Waals surface area contributed by atoms with Gasteiger partial charge >= 0.3 is 0 Å². The number of hydrogen-bond acceptors (Lipinski definition) is 3. The van der Waals surface area contributed by atoms with Crippen LogP contribution in [0.4, 0.5) is 0 Å². The van der Waals surface area contributed by atoms with Gasteiger partial charge in [-0.2, -0.15) is 0 Å². The van der Waals surface area contributed by atoms with E-state index in [-0.39, 0.29) is 5.54 Å². The summed E-state index contributed by atoms with van der Waals surface area (Å²) in [6.45, 7) is 6.28. The van der Waals surface area contributed by atoms with E-state index in [9.17, 15) is 0 Å². The van der Waals surface area contributed by atoms with E-state index >= 15 is 0 Å². The van der Waals surface area contributed by atoms with Gasteiger partial charge in [0.25, 0.3) is 0 Å². The molecule has 1 saturated heterocycles. The lowest BCUT2D eigenvalue weighted by Crippen LogP contribution is -2.55. The molecule has 1 saturated carbocycles. The van der Waals surface area contributed by atoms with Crippen molar-refractivity contribution in [3.05, 3.63) is 0 Å². The first-order valence-corrected chi connectivity index (χ1v) is 7.18. The third-order valence-electron chi connectivity index (χ3n) is 5.15. The largest absolute Gasteiger partial charge is 0.381 e. The Morgan fingerprint density at radius 1 is 1.29 bits per heavy atom. The van der Waals surface area contributed by atoms with Gasteiger partial charge < -0.3 is 10.5 Å². The van der Waals surface area contributed by atoms with Gasteiger partial charge in [0.1, 0.15) is 0 Å². The monoisotopic (exact) mass is 240 g/mol. The third kappa shape index (κ3) is 2.67. The van der Waals surface area contributed by atoms with Crippen LogP contribution in [-0.2, 0) is 4.74 Å². The van der Waals surface area contributed by atoms with Gasteiger partial charge in [0, 0.05) is 31.8 Å². The van der Waals surface area contributed by atoms with E-state index < -0.39 is 0 Å². The quantitative estimate of drug-likeness (QED) is 0.815. The highest BCUT2D eigenvalue weighted by Gasteiger charge is 2.42. The van der Waals surface area contributed by atoms with Crippen LogP contribution in [0.2, 0.25) is 0 Å². The lowest BCUT2D eigenvalue weighted by Gasteiger charge is -2.43. The summed E-state index contributed by atoms with van der Waals surface area (Å²) in [5.41, 5.74) is 6.37. The molecule has 2 aliphatic rings. The zero-order valence-electron chi connectivity index (χ0n) is 11.5. The third-order valence-corrected chi connectivity index (χ3v) is 5.15. The molecule has 0 aromatic carbocycles. The molecule has 1 aliphatic carbocycles. The van der Waals surface area contributed by atoms with Crippen molar-refractivity contribution in [1.82, 2.24) is 4.90 Å². The number of likely N-dealkylation sites (N-methyl/N-ethyl adjacent to an activating group) is 1. The van der Waals surface area contributed by atoms with Crippen molar-refractivity contribution in [1.29, 1.82) is 0 Å². The topological polar surface area (TPSA) is 38.5 Å². The van der Waals surface area contributed by atoms with E-state index in [1.54, 1.807) is 0 Å². The minimum Gasteiger partial charge on any atom is -0.381 e. The summed E-state index contributed by atoms with van der Waals surface area (Å²) in [6, 6.07) is 0. The molecule has 0 aromatic rings. The number of hydrogen-bond donors (Lipinski definition) is 1. The van der Waals surface area contributed by atoms with E-state index in [0.717, 1.165) is 31.6 Å². The smallest absolute Gasteiger partial charge is 0.0469 e. The van der Waals surface area contributed by atoms with E-state index in [1.165, 1.54) is 38.6 Å². The molecule has 17 heavy (non-hydrogen) atoms. The van der Waals surface area contributed by atoms with Crippen LogP contribution in [0, 0.1) is 11.8 Å². The molecule has 0 spiro atoms. The second-order valence-corrected chi connectivity index (χ2v) is 6.04. The second-order valence-electron chi connectivity index (χ2n) is 6.04. The Labute approximate surface area is 106 Å². The van der Waals surface area contributed by atoms with Crippen molar-refractivity contribution in [2.45, 2.75) is 44.6 Å². The molecule has 100 valence electrons. The van der Waals surface area contributed by atoms with Crippen LogP contribution in [0.1, 0.15) is 39.0 Å². The maximum absolute atomic E-state index is 6.10. The summed E-state index contributed by atoms with van der Waals surface area (Å²) in [5.74, 6) is 1.56. The highest BCUT2D eigenvalue weighted by molar-refractivity contribution is 4.99. The number of nitrogens with zero attached hydrogens (tertiary/aromatic N) is 1. The Bertz CT molecular complexity index is 240. The van der Waals surface area contributed by atoms with E-state index in [2.05, 4.69) is 18.9 Å². The molecular weight excluding hydrogens is 212 g/mol. The Morgan fingerprint density at radius 2 is 2.00 bits per heavy atom. The van der Waals surface area contributed by atoms with Crippen LogP contribution in [-0.4, -0.2) is 43.8 Å². The summed E-state index contributed by atoms with van der Waals surface area (Å²) in [5, 5.41) is 0. The number of rotatable bonds is 4. The van der Waals surface area contributed by atoms with Crippen molar-refractivity contribution in [3.63, 3.8) is 0 Å². The highest BCUT2D eigenvalue weighted by Crippen LogP contribution is 2.39. The molecule has 3 heteroatoms. The van der Waals surface area contributed by atoms with Crippen molar-refractivity contribution >= 4 is 0 Å². The normalized spacial score (nSPS) is 35.6. The van der Waals surface area contributed by atoms with Gasteiger partial charge in [0.15, 0.2) is 0 Å². The lowest BCUT2D eigenvalue weighted by molar-refractivity contribution is 0.0247. The SMILES string of the molecule is CC1CCCC1(CN)N(C)CC1CCOCC1. The first-order chi connectivity index (χ1) is 8.19. The van der Waals surface area contributed by atoms with Gasteiger partial charge in [-0.15, -0.1) is 0 Å². The first kappa shape index (κ1) is 13.3. The van der Waals surface area contributed by atoms with Crippen LogP contribution in [0.15, 0.2) is 0 Å². The summed E-state index contributed by atoms with van der Waals surface area (Å²) < 4.78 is 5.44. The van der Waals surface area contributed by atoms with Crippen molar-refractivity contribution in [3.8, 4) is 0 Å². The molecule has 0 bridgehead atoms. The molecule has 2 N–H and O–H groups in total. The Hall–Kier alpha value is -0.120. The summed E-state index contributed by atoms with van der Waals surface area (Å²) in [6.07, 6.45) is 6.41. The van der Waals surface area contributed by atoms with Crippen LogP contribution in [0.25, 0.3) is 0 Å². The predicted octanol–water partition coefficient (Wildman–Crippen LogP) is 1.86. The molecule has 2 rings (SSSR count). The van der Waals surface area contributed by atoms with E-state index in [4.69, 9.17) is 10.5 Å². The minimum absolute atomic E-state index is 0.276. The molecular formula is C14H28N2O. The van der Waals surface area contributed by atoms with Crippen molar-refractivity contribution < 1.29 is 4.74 Å². The summed E-state index contributed by atoms with van der Waals surface area (Å²) in [7, 11) is 2.28. The summed E-state index contributed by atoms with van der Waals surface area (Å²) in [4.78, 5) is 2.57. The fourth-order valence-corrected chi connectivity index (χ4v) is 3.75. The van der Waals surface area contributed by atoms with Crippen LogP contribution < -0.4 is 5.73 Å². The van der Waals surface area contributed by atoms with Crippen molar-refractivity contribution in [2.75, 3.05) is 33.4 Å². The minimum atomic E-state index is 0.276. The molecule has 0 aromatic heterocycles. The Balaban J connectivity index is 1.94. The Morgan fingerprint density at radius 3 is 2.53 bits per heavy atom. The Kier molecular flexibility index (Phi) is 4.45. The van der Waals surface area contributed by atoms with E-state index in [1.807, 2.05) is 0 Å².